The maximum atomic E-state index is 12.1. The summed E-state index contributed by atoms with van der Waals surface area (Å²) in [5.41, 5.74) is 3.43. The fourth-order valence-corrected chi connectivity index (χ4v) is 2.66. The lowest BCUT2D eigenvalue weighted by molar-refractivity contribution is -0.111. The van der Waals surface area contributed by atoms with E-state index in [2.05, 4.69) is 10.3 Å². The number of anilines is 1. The largest absolute Gasteiger partial charge is 0.487 e. The lowest BCUT2D eigenvalue weighted by atomic mass is 10.2. The molecular formula is C22H19ClN2O2. The van der Waals surface area contributed by atoms with Crippen LogP contribution in [0.1, 0.15) is 16.8 Å². The number of benzene rings is 2. The number of hydrogen-bond acceptors (Lipinski definition) is 3. The Bertz CT molecular complexity index is 938. The summed E-state index contributed by atoms with van der Waals surface area (Å²) < 4.78 is 5.70. The molecule has 0 aliphatic heterocycles. The Balaban J connectivity index is 1.54. The van der Waals surface area contributed by atoms with Crippen LogP contribution >= 0.6 is 11.6 Å². The number of nitrogens with zero attached hydrogens (tertiary/aromatic N) is 1. The van der Waals surface area contributed by atoms with Crippen molar-refractivity contribution < 1.29 is 9.53 Å². The number of carbonyl (C=O) groups excluding carboxylic acids is 1. The van der Waals surface area contributed by atoms with Crippen molar-refractivity contribution in [1.29, 1.82) is 0 Å². The quantitative estimate of drug-likeness (QED) is 0.594. The van der Waals surface area contributed by atoms with Gasteiger partial charge in [0.05, 0.1) is 5.69 Å². The van der Waals surface area contributed by atoms with Crippen LogP contribution in [0.3, 0.4) is 0 Å². The van der Waals surface area contributed by atoms with Gasteiger partial charge in [-0.25, -0.2) is 0 Å². The molecule has 5 heteroatoms. The first-order valence-corrected chi connectivity index (χ1v) is 8.86. The summed E-state index contributed by atoms with van der Waals surface area (Å²) in [6, 6.07) is 18.6. The topological polar surface area (TPSA) is 51.2 Å². The van der Waals surface area contributed by atoms with E-state index in [1.54, 1.807) is 24.4 Å². The smallest absolute Gasteiger partial charge is 0.248 e. The lowest BCUT2D eigenvalue weighted by Gasteiger charge is -2.07. The first-order chi connectivity index (χ1) is 13.1. The van der Waals surface area contributed by atoms with Crippen LogP contribution in [0.2, 0.25) is 5.02 Å². The van der Waals surface area contributed by atoms with E-state index < -0.39 is 0 Å². The zero-order valence-electron chi connectivity index (χ0n) is 14.9. The molecule has 0 aliphatic rings. The van der Waals surface area contributed by atoms with Gasteiger partial charge in [-0.1, -0.05) is 29.8 Å². The highest BCUT2D eigenvalue weighted by Gasteiger charge is 2.02. The number of carbonyl (C=O) groups is 1. The van der Waals surface area contributed by atoms with Crippen LogP contribution in [0.25, 0.3) is 6.08 Å². The minimum absolute atomic E-state index is 0.198. The molecule has 0 bridgehead atoms. The number of nitrogens with one attached hydrogen (secondary N) is 1. The average Bonchev–Trinajstić information content (AvgIpc) is 2.68. The molecule has 0 atom stereocenters. The normalized spacial score (nSPS) is 10.7. The molecule has 0 unspecified atom stereocenters. The average molecular weight is 379 g/mol. The Kier molecular flexibility index (Phi) is 6.23. The van der Waals surface area contributed by atoms with Crippen molar-refractivity contribution in [1.82, 2.24) is 4.98 Å². The van der Waals surface area contributed by atoms with Crippen molar-refractivity contribution in [2.45, 2.75) is 13.5 Å². The number of hydrogen-bond donors (Lipinski definition) is 1. The van der Waals surface area contributed by atoms with Crippen molar-refractivity contribution in [2.24, 2.45) is 0 Å². The van der Waals surface area contributed by atoms with Gasteiger partial charge >= 0.3 is 0 Å². The molecule has 0 fully saturated rings. The van der Waals surface area contributed by atoms with Gasteiger partial charge in [-0.2, -0.15) is 0 Å². The molecule has 1 N–H and O–H groups in total. The monoisotopic (exact) mass is 378 g/mol. The maximum Gasteiger partial charge on any atom is 0.248 e. The van der Waals surface area contributed by atoms with Crippen molar-refractivity contribution >= 4 is 29.3 Å². The van der Waals surface area contributed by atoms with E-state index >= 15 is 0 Å². The van der Waals surface area contributed by atoms with Gasteiger partial charge in [-0.15, -0.1) is 0 Å². The van der Waals surface area contributed by atoms with E-state index in [1.807, 2.05) is 55.5 Å². The van der Waals surface area contributed by atoms with Crippen molar-refractivity contribution in [3.8, 4) is 5.75 Å². The van der Waals surface area contributed by atoms with Gasteiger partial charge in [0.15, 0.2) is 0 Å². The van der Waals surface area contributed by atoms with Gasteiger partial charge in [0.2, 0.25) is 5.91 Å². The van der Waals surface area contributed by atoms with E-state index in [0.717, 1.165) is 28.3 Å². The van der Waals surface area contributed by atoms with Gasteiger partial charge in [0.25, 0.3) is 0 Å². The van der Waals surface area contributed by atoms with E-state index in [0.29, 0.717) is 11.6 Å². The van der Waals surface area contributed by atoms with Gasteiger partial charge in [0, 0.05) is 23.0 Å². The standard InChI is InChI=1S/C22H19ClN2O2/c1-16-14-18(23)8-11-21(16)25-22(26)12-7-17-5-9-20(10-6-17)27-15-19-4-2-3-13-24-19/h2-14H,15H2,1H3,(H,25,26)/b12-7+. The molecule has 1 aromatic heterocycles. The summed E-state index contributed by atoms with van der Waals surface area (Å²) >= 11 is 5.92. The highest BCUT2D eigenvalue weighted by molar-refractivity contribution is 6.30. The summed E-state index contributed by atoms with van der Waals surface area (Å²) in [6.07, 6.45) is 4.99. The molecule has 0 radical (unpaired) electrons. The minimum Gasteiger partial charge on any atom is -0.487 e. The summed E-state index contributed by atoms with van der Waals surface area (Å²) in [6.45, 7) is 2.31. The predicted octanol–water partition coefficient (Wildman–Crippen LogP) is 5.27. The summed E-state index contributed by atoms with van der Waals surface area (Å²) in [4.78, 5) is 16.3. The highest BCUT2D eigenvalue weighted by Crippen LogP contribution is 2.20. The van der Waals surface area contributed by atoms with Crippen LogP contribution in [0.5, 0.6) is 5.75 Å². The molecule has 2 aromatic carbocycles. The summed E-state index contributed by atoms with van der Waals surface area (Å²) in [7, 11) is 0. The van der Waals surface area contributed by atoms with Gasteiger partial charge in [-0.05, 0) is 66.6 Å². The second-order valence-corrected chi connectivity index (χ2v) is 6.40. The maximum absolute atomic E-state index is 12.1. The molecular weight excluding hydrogens is 360 g/mol. The molecule has 1 amide bonds. The van der Waals surface area contributed by atoms with Crippen LogP contribution in [0, 0.1) is 6.92 Å². The molecule has 0 saturated heterocycles. The molecule has 3 aromatic rings. The van der Waals surface area contributed by atoms with Crippen molar-refractivity contribution in [3.63, 3.8) is 0 Å². The zero-order valence-corrected chi connectivity index (χ0v) is 15.6. The Labute approximate surface area is 163 Å². The molecule has 0 spiro atoms. The third-order valence-corrected chi connectivity index (χ3v) is 4.10. The lowest BCUT2D eigenvalue weighted by Crippen LogP contribution is -2.08. The Hall–Kier alpha value is -3.11. The number of ether oxygens (including phenoxy) is 1. The van der Waals surface area contributed by atoms with Crippen LogP contribution in [0.15, 0.2) is 72.9 Å². The van der Waals surface area contributed by atoms with Crippen molar-refractivity contribution in [2.75, 3.05) is 5.32 Å². The van der Waals surface area contributed by atoms with Crippen LogP contribution in [0.4, 0.5) is 5.69 Å². The molecule has 136 valence electrons. The summed E-state index contributed by atoms with van der Waals surface area (Å²) in [5, 5.41) is 3.49. The minimum atomic E-state index is -0.198. The molecule has 0 saturated carbocycles. The second-order valence-electron chi connectivity index (χ2n) is 5.96. The number of pyridine rings is 1. The van der Waals surface area contributed by atoms with Gasteiger partial charge in [0.1, 0.15) is 12.4 Å². The number of amides is 1. The van der Waals surface area contributed by atoms with Crippen LogP contribution in [-0.4, -0.2) is 10.9 Å². The van der Waals surface area contributed by atoms with Crippen molar-refractivity contribution in [3.05, 3.63) is 94.8 Å². The third kappa shape index (κ3) is 5.69. The number of rotatable bonds is 6. The molecule has 4 nitrogen and oxygen atoms in total. The Morgan fingerprint density at radius 3 is 2.67 bits per heavy atom. The van der Waals surface area contributed by atoms with Crippen LogP contribution in [-0.2, 0) is 11.4 Å². The van der Waals surface area contributed by atoms with E-state index in [-0.39, 0.29) is 5.91 Å². The van der Waals surface area contributed by atoms with E-state index in [4.69, 9.17) is 16.3 Å². The number of aryl methyl sites for hydroxylation is 1. The van der Waals surface area contributed by atoms with E-state index in [1.165, 1.54) is 6.08 Å². The SMILES string of the molecule is Cc1cc(Cl)ccc1NC(=O)/C=C/c1ccc(OCc2ccccn2)cc1. The number of halogens is 1. The molecule has 3 rings (SSSR count). The molecule has 27 heavy (non-hydrogen) atoms. The third-order valence-electron chi connectivity index (χ3n) is 3.87. The fourth-order valence-electron chi connectivity index (χ4n) is 2.43. The summed E-state index contributed by atoms with van der Waals surface area (Å²) in [5.74, 6) is 0.551. The number of aromatic nitrogens is 1. The zero-order chi connectivity index (χ0) is 19.1. The van der Waals surface area contributed by atoms with Crippen LogP contribution < -0.4 is 10.1 Å². The first-order valence-electron chi connectivity index (χ1n) is 8.48. The van der Waals surface area contributed by atoms with Gasteiger partial charge in [-0.3, -0.25) is 9.78 Å². The molecule has 0 aliphatic carbocycles. The Morgan fingerprint density at radius 2 is 1.96 bits per heavy atom. The molecule has 1 heterocycles. The second kappa shape index (κ2) is 9.01. The first kappa shape index (κ1) is 18.7. The predicted molar refractivity (Wildman–Crippen MR) is 109 cm³/mol. The Morgan fingerprint density at radius 1 is 1.15 bits per heavy atom. The highest BCUT2D eigenvalue weighted by atomic mass is 35.5. The van der Waals surface area contributed by atoms with Gasteiger partial charge < -0.3 is 10.1 Å². The fraction of sp³-hybridized carbons (Fsp3) is 0.0909. The van der Waals surface area contributed by atoms with E-state index in [9.17, 15) is 4.79 Å².